The molecule has 1 aliphatic heterocycles. The lowest BCUT2D eigenvalue weighted by atomic mass is 9.83. The minimum Gasteiger partial charge on any atom is -0.508 e. The second-order valence-corrected chi connectivity index (χ2v) is 8.72. The maximum absolute atomic E-state index is 10.4. The standard InChI is InChI=1S/C21H26O3/c1-20(2,3)12-7-16(22)14-11-15-17(23)8-13(21(4,5)6)10-19(15)24-18(14)9-12/h7-10,22-23H,11H2,1-6H3. The summed E-state index contributed by atoms with van der Waals surface area (Å²) in [5, 5.41) is 20.9. The fourth-order valence-corrected chi connectivity index (χ4v) is 2.96. The summed E-state index contributed by atoms with van der Waals surface area (Å²) in [5.41, 5.74) is 3.36. The average Bonchev–Trinajstić information content (AvgIpc) is 2.43. The molecule has 0 unspecified atom stereocenters. The van der Waals surface area contributed by atoms with Gasteiger partial charge in [-0.05, 0) is 46.2 Å². The molecule has 2 aromatic rings. The van der Waals surface area contributed by atoms with Gasteiger partial charge >= 0.3 is 0 Å². The van der Waals surface area contributed by atoms with Crippen LogP contribution in [-0.4, -0.2) is 10.2 Å². The highest BCUT2D eigenvalue weighted by Gasteiger charge is 2.28. The lowest BCUT2D eigenvalue weighted by Crippen LogP contribution is -2.14. The lowest BCUT2D eigenvalue weighted by molar-refractivity contribution is 0.411. The van der Waals surface area contributed by atoms with Crippen LogP contribution in [0.25, 0.3) is 0 Å². The summed E-state index contributed by atoms with van der Waals surface area (Å²) < 4.78 is 6.09. The van der Waals surface area contributed by atoms with E-state index in [9.17, 15) is 10.2 Å². The van der Waals surface area contributed by atoms with E-state index >= 15 is 0 Å². The molecule has 0 saturated heterocycles. The molecular weight excluding hydrogens is 300 g/mol. The minimum atomic E-state index is -0.0778. The maximum Gasteiger partial charge on any atom is 0.134 e. The predicted molar refractivity (Wildman–Crippen MR) is 96.5 cm³/mol. The number of ether oxygens (including phenoxy) is 1. The molecule has 24 heavy (non-hydrogen) atoms. The number of hydrogen-bond acceptors (Lipinski definition) is 3. The molecule has 1 heterocycles. The van der Waals surface area contributed by atoms with Gasteiger partial charge in [0.15, 0.2) is 0 Å². The third-order valence-electron chi connectivity index (χ3n) is 4.68. The van der Waals surface area contributed by atoms with Gasteiger partial charge in [-0.15, -0.1) is 0 Å². The van der Waals surface area contributed by atoms with Crippen molar-refractivity contribution in [2.45, 2.75) is 58.8 Å². The number of phenolic OH excluding ortho intramolecular Hbond substituents is 2. The van der Waals surface area contributed by atoms with Gasteiger partial charge in [0.2, 0.25) is 0 Å². The van der Waals surface area contributed by atoms with E-state index in [1.165, 1.54) is 0 Å². The third kappa shape index (κ3) is 2.83. The second-order valence-electron chi connectivity index (χ2n) is 8.72. The van der Waals surface area contributed by atoms with E-state index < -0.39 is 0 Å². The number of benzene rings is 2. The smallest absolute Gasteiger partial charge is 0.134 e. The second kappa shape index (κ2) is 5.17. The summed E-state index contributed by atoms with van der Waals surface area (Å²) in [6.45, 7) is 12.6. The van der Waals surface area contributed by atoms with E-state index in [1.807, 2.05) is 12.1 Å². The molecule has 2 aromatic carbocycles. The van der Waals surface area contributed by atoms with Gasteiger partial charge in [0.05, 0.1) is 0 Å². The van der Waals surface area contributed by atoms with Crippen LogP contribution in [0, 0.1) is 0 Å². The fourth-order valence-electron chi connectivity index (χ4n) is 2.96. The Balaban J connectivity index is 2.12. The van der Waals surface area contributed by atoms with Gasteiger partial charge in [-0.3, -0.25) is 0 Å². The van der Waals surface area contributed by atoms with Gasteiger partial charge in [-0.25, -0.2) is 0 Å². The molecule has 128 valence electrons. The Morgan fingerprint density at radius 2 is 1.08 bits per heavy atom. The first-order valence-corrected chi connectivity index (χ1v) is 8.37. The zero-order chi connectivity index (χ0) is 17.9. The zero-order valence-electron chi connectivity index (χ0n) is 15.3. The Hall–Kier alpha value is -2.16. The first-order chi connectivity index (χ1) is 11.0. The Morgan fingerprint density at radius 1 is 0.708 bits per heavy atom. The van der Waals surface area contributed by atoms with Crippen molar-refractivity contribution < 1.29 is 14.9 Å². The minimum absolute atomic E-state index is 0.0778. The van der Waals surface area contributed by atoms with Gasteiger partial charge in [-0.1, -0.05) is 41.5 Å². The Bertz CT molecular complexity index is 738. The molecule has 3 rings (SSSR count). The molecule has 1 aliphatic rings. The topological polar surface area (TPSA) is 49.7 Å². The number of rotatable bonds is 0. The largest absolute Gasteiger partial charge is 0.508 e. The molecule has 2 N–H and O–H groups in total. The van der Waals surface area contributed by atoms with Crippen molar-refractivity contribution in [1.29, 1.82) is 0 Å². The van der Waals surface area contributed by atoms with Crippen molar-refractivity contribution in [3.8, 4) is 23.0 Å². The van der Waals surface area contributed by atoms with Crippen LogP contribution < -0.4 is 4.74 Å². The Kier molecular flexibility index (Phi) is 3.59. The lowest BCUT2D eigenvalue weighted by Gasteiger charge is -2.28. The summed E-state index contributed by atoms with van der Waals surface area (Å²) in [6, 6.07) is 7.60. The van der Waals surface area contributed by atoms with E-state index in [1.54, 1.807) is 12.1 Å². The maximum atomic E-state index is 10.4. The van der Waals surface area contributed by atoms with E-state index in [4.69, 9.17) is 4.74 Å². The van der Waals surface area contributed by atoms with Crippen LogP contribution in [0.15, 0.2) is 24.3 Å². The number of phenols is 2. The van der Waals surface area contributed by atoms with Gasteiger partial charge in [0, 0.05) is 17.5 Å². The van der Waals surface area contributed by atoms with Crippen LogP contribution in [0.3, 0.4) is 0 Å². The third-order valence-corrected chi connectivity index (χ3v) is 4.68. The summed E-state index contributed by atoms with van der Waals surface area (Å²) in [5.74, 6) is 1.81. The molecule has 0 aliphatic carbocycles. The van der Waals surface area contributed by atoms with Crippen LogP contribution in [0.4, 0.5) is 0 Å². The number of hydrogen-bond donors (Lipinski definition) is 2. The molecule has 0 aromatic heterocycles. The molecular formula is C21H26O3. The molecule has 3 nitrogen and oxygen atoms in total. The van der Waals surface area contributed by atoms with E-state index in [0.717, 1.165) is 22.3 Å². The van der Waals surface area contributed by atoms with Crippen LogP contribution in [0.5, 0.6) is 23.0 Å². The number of aromatic hydroxyl groups is 2. The number of fused-ring (bicyclic) bond motifs is 2. The van der Waals surface area contributed by atoms with Crippen LogP contribution in [0.1, 0.15) is 63.8 Å². The highest BCUT2D eigenvalue weighted by molar-refractivity contribution is 5.61. The first-order valence-electron chi connectivity index (χ1n) is 8.37. The van der Waals surface area contributed by atoms with E-state index in [-0.39, 0.29) is 22.3 Å². The fraction of sp³-hybridized carbons (Fsp3) is 0.429. The quantitative estimate of drug-likeness (QED) is 0.582. The summed E-state index contributed by atoms with van der Waals surface area (Å²) in [6.07, 6.45) is 0.469. The van der Waals surface area contributed by atoms with Crippen LogP contribution in [0.2, 0.25) is 0 Å². The van der Waals surface area contributed by atoms with Crippen LogP contribution >= 0.6 is 0 Å². The molecule has 0 saturated carbocycles. The normalized spacial score (nSPS) is 13.9. The van der Waals surface area contributed by atoms with Crippen LogP contribution in [-0.2, 0) is 17.3 Å². The van der Waals surface area contributed by atoms with Crippen molar-refractivity contribution >= 4 is 0 Å². The summed E-state index contributed by atoms with van der Waals surface area (Å²) in [7, 11) is 0. The average molecular weight is 326 g/mol. The molecule has 0 amide bonds. The molecule has 0 fully saturated rings. The van der Waals surface area contributed by atoms with Crippen molar-refractivity contribution in [2.24, 2.45) is 0 Å². The predicted octanol–water partition coefficient (Wildman–Crippen LogP) is 5.39. The molecule has 0 spiro atoms. The highest BCUT2D eigenvalue weighted by Crippen LogP contribution is 2.47. The van der Waals surface area contributed by atoms with Crippen molar-refractivity contribution in [1.82, 2.24) is 0 Å². The van der Waals surface area contributed by atoms with Crippen molar-refractivity contribution in [3.63, 3.8) is 0 Å². The molecule has 0 atom stereocenters. The van der Waals surface area contributed by atoms with Gasteiger partial charge < -0.3 is 14.9 Å². The molecule has 3 heteroatoms. The molecule has 0 radical (unpaired) electrons. The van der Waals surface area contributed by atoms with Gasteiger partial charge in [-0.2, -0.15) is 0 Å². The zero-order valence-corrected chi connectivity index (χ0v) is 15.3. The monoisotopic (exact) mass is 326 g/mol. The first kappa shape index (κ1) is 16.7. The van der Waals surface area contributed by atoms with E-state index in [0.29, 0.717) is 17.9 Å². The highest BCUT2D eigenvalue weighted by atomic mass is 16.5. The van der Waals surface area contributed by atoms with E-state index in [2.05, 4.69) is 41.5 Å². The van der Waals surface area contributed by atoms with Crippen molar-refractivity contribution in [2.75, 3.05) is 0 Å². The molecule has 0 bridgehead atoms. The van der Waals surface area contributed by atoms with Gasteiger partial charge in [0.25, 0.3) is 0 Å². The van der Waals surface area contributed by atoms with Crippen molar-refractivity contribution in [3.05, 3.63) is 46.5 Å². The Labute approximate surface area is 143 Å². The summed E-state index contributed by atoms with van der Waals surface area (Å²) >= 11 is 0. The SMILES string of the molecule is CC(C)(C)c1cc(O)c2c(c1)Oc1cc(C(C)(C)C)cc(O)c1C2. The summed E-state index contributed by atoms with van der Waals surface area (Å²) in [4.78, 5) is 0. The Morgan fingerprint density at radius 3 is 1.42 bits per heavy atom. The van der Waals surface area contributed by atoms with Gasteiger partial charge in [0.1, 0.15) is 23.0 Å².